The summed E-state index contributed by atoms with van der Waals surface area (Å²) in [7, 11) is 0. The Hall–Kier alpha value is -14.5. The molecule has 5 aliphatic heterocycles. The van der Waals surface area contributed by atoms with Crippen LogP contribution in [0.15, 0.2) is 125 Å². The van der Waals surface area contributed by atoms with Gasteiger partial charge in [0.2, 0.25) is 100 Å². The standard InChI is InChI=1S/C102H134N18O25S2/c1-59(81(103)127)105-83(129)69-35-36-78(122)104-43-24-20-33-68-89(135)118-101(95(142)113-71(51-64-37-47-146-56-64)85(131)111-73(86(132)108-69)52-66-57-147-77-34-19-18-32-67(66)77)42-45-119(58-101)97(144)145-46-25-14-10-9-11-21-38-100(39-22-12-13-23-40-102(41-27-44-120(102)61(3)121)96(143)115-75(54-80(125)126)88(134)112-76(91(137)117-100)55-98(4,5)6)94(141)114-74(53-79(123)124)87(133)110-72(50-63-30-26-31-65(48-63)92(138)139)90(136)116-99(7,8)93(140)106-60(2)82(128)109-70(84(130)107-68)49-62-28-16-15-17-29-62/h9-10,13,15-19,23,26,28-32,34,37,47-48,56-57,59-60,68-76H,11-12,14,20-22,24-25,27,33,35-36,38-46,49-55,58H2,1-8H3,(H2,103,127)(H,104,122)(H,105,129)(H,106,140)(H,107,130)(H,108,132)(H,109,128)(H,110,133)(H,111,131)(H,112,134)(H,113,142)(H,114,141)(H,115,143)(H,116,136)(H,117,137)(H,118,135)(H,123,124)(H,125,126)(H,138,139)/b10-9-,23-13-/t59-,60-,68-,69-,70-,71-,72-,73-,74-,75-,76-,100+,101-,102-/m0/s1. The second-order valence-electron chi connectivity index (χ2n) is 39.7. The van der Waals surface area contributed by atoms with Crippen LogP contribution in [-0.2, 0) is 122 Å². The number of fused-ring (bicyclic) bond motifs is 4. The summed E-state index contributed by atoms with van der Waals surface area (Å²) >= 11 is 2.61. The summed E-state index contributed by atoms with van der Waals surface area (Å²) in [6.45, 7) is 10.2. The van der Waals surface area contributed by atoms with Crippen molar-refractivity contribution in [1.29, 1.82) is 0 Å². The van der Waals surface area contributed by atoms with Gasteiger partial charge in [0.05, 0.1) is 31.6 Å². The maximum Gasteiger partial charge on any atom is 0.409 e. The maximum atomic E-state index is 16.1. The maximum absolute atomic E-state index is 16.1. The number of nitrogens with zero attached hydrogens (tertiary/aromatic N) is 2. The highest BCUT2D eigenvalue weighted by atomic mass is 32.1. The molecule has 14 atom stereocenters. The fourth-order valence-electron chi connectivity index (χ4n) is 18.3. The summed E-state index contributed by atoms with van der Waals surface area (Å²) in [4.78, 5) is 309. The molecule has 0 aliphatic carbocycles. The van der Waals surface area contributed by atoms with Gasteiger partial charge in [0, 0.05) is 63.4 Å². The lowest BCUT2D eigenvalue weighted by Crippen LogP contribution is -2.66. The molecule has 7 heterocycles. The smallest absolute Gasteiger partial charge is 0.409 e. The number of nitrogens with two attached hydrogens (primary N) is 1. The van der Waals surface area contributed by atoms with Crippen molar-refractivity contribution in [1.82, 2.24) is 89.6 Å². The van der Waals surface area contributed by atoms with Gasteiger partial charge in [0.1, 0.15) is 88.6 Å². The molecule has 18 amide bonds. The van der Waals surface area contributed by atoms with Gasteiger partial charge in [-0.15, -0.1) is 11.3 Å². The highest BCUT2D eigenvalue weighted by Gasteiger charge is 2.53. The number of benzene rings is 3. The van der Waals surface area contributed by atoms with Crippen molar-refractivity contribution in [2.75, 3.05) is 32.8 Å². The van der Waals surface area contributed by atoms with Crippen LogP contribution in [0.4, 0.5) is 4.79 Å². The number of rotatable bonds is 17. The van der Waals surface area contributed by atoms with E-state index in [0.717, 1.165) is 9.60 Å². The zero-order valence-corrected chi connectivity index (χ0v) is 85.2. The second kappa shape index (κ2) is 52.5. The second-order valence-corrected chi connectivity index (χ2v) is 41.4. The lowest BCUT2D eigenvalue weighted by Gasteiger charge is -2.38. The van der Waals surface area contributed by atoms with Crippen LogP contribution >= 0.6 is 22.7 Å². The summed E-state index contributed by atoms with van der Waals surface area (Å²) < 4.78 is 6.71. The van der Waals surface area contributed by atoms with Crippen molar-refractivity contribution in [3.63, 3.8) is 0 Å². The van der Waals surface area contributed by atoms with E-state index in [-0.39, 0.29) is 159 Å². The number of hydrogen-bond acceptors (Lipinski definition) is 24. The zero-order valence-electron chi connectivity index (χ0n) is 83.6. The fourth-order valence-corrected chi connectivity index (χ4v) is 20.0. The van der Waals surface area contributed by atoms with Crippen LogP contribution in [0.2, 0.25) is 0 Å². The predicted octanol–water partition coefficient (Wildman–Crippen LogP) is 2.73. The average molecular weight is 2080 g/mol. The number of allylic oxidation sites excluding steroid dienone is 3. The Balaban J connectivity index is 1.05. The van der Waals surface area contributed by atoms with Crippen LogP contribution in [0.5, 0.6) is 0 Å². The number of likely N-dealkylation sites (tertiary alicyclic amines) is 1. The SMILES string of the molecule is CC(=O)N1CCC[C@]12C/C=C\CCC[C@@]1(CCC/C=C\CCCOC(=O)N3CC[C@@]4(C3)NC(=O)[C@H](CCCCNC(=O)CC[C@@H](C(=O)N[C@@H](C)C(N)=O)NC(=O)[C@H](Cc3csc5ccccc35)NC(=O)[C@H](Cc3ccsc3)NC4=O)NC(=O)[C@H](Cc3ccccc3)NC(=O)[C@H](C)NC(=O)C(C)(C)NC(=O)[C@H](Cc3cccc(C(=O)O)c3)NC(=O)[C@H](CC(=O)O)NC1=O)NC(=O)[C@H](CC(C)(C)C)NC(=O)[C@H](CC(=O)O)NC2=O. The summed E-state index contributed by atoms with van der Waals surface area (Å²) in [5.74, 6) is -21.3. The van der Waals surface area contributed by atoms with E-state index in [4.69, 9.17) is 10.5 Å². The average Bonchev–Trinajstić information content (AvgIpc) is 1.63. The molecule has 10 rings (SSSR count). The highest BCUT2D eigenvalue weighted by molar-refractivity contribution is 7.17. The first-order valence-corrected chi connectivity index (χ1v) is 51.1. The first-order chi connectivity index (χ1) is 69.7. The number of carboxylic acids is 3. The molecule has 3 bridgehead atoms. The number of amides is 18. The normalized spacial score (nSPS) is 26.6. The Morgan fingerprint density at radius 1 is 0.531 bits per heavy atom. The number of carbonyl (C=O) groups excluding carboxylic acids is 18. The first-order valence-electron chi connectivity index (χ1n) is 49.3. The van der Waals surface area contributed by atoms with E-state index in [2.05, 4.69) is 79.8 Å². The molecule has 0 saturated carbocycles. The topological polar surface area (TPSA) is 641 Å². The van der Waals surface area contributed by atoms with Crippen molar-refractivity contribution in [3.05, 3.63) is 153 Å². The van der Waals surface area contributed by atoms with Crippen molar-refractivity contribution < 1.29 is 121 Å². The van der Waals surface area contributed by atoms with Gasteiger partial charge in [-0.3, -0.25) is 91.1 Å². The third-order valence-electron chi connectivity index (χ3n) is 26.5. The van der Waals surface area contributed by atoms with Crippen LogP contribution in [0.25, 0.3) is 10.1 Å². The van der Waals surface area contributed by atoms with Crippen molar-refractivity contribution in [3.8, 4) is 0 Å². The van der Waals surface area contributed by atoms with Crippen molar-refractivity contribution in [2.45, 2.75) is 298 Å². The van der Waals surface area contributed by atoms with Crippen LogP contribution in [0, 0.1) is 5.41 Å². The van der Waals surface area contributed by atoms with E-state index in [9.17, 15) is 72.9 Å². The van der Waals surface area contributed by atoms with E-state index >= 15 is 43.2 Å². The van der Waals surface area contributed by atoms with Crippen LogP contribution in [0.1, 0.15) is 216 Å². The van der Waals surface area contributed by atoms with Crippen LogP contribution in [-0.4, -0.2) is 271 Å². The van der Waals surface area contributed by atoms with E-state index in [1.807, 2.05) is 18.2 Å². The number of ether oxygens (including phenoxy) is 1. The fraction of sp³-hybridized carbons (Fsp3) is 0.520. The number of cyclic esters (lactones) is 1. The lowest BCUT2D eigenvalue weighted by atomic mass is 9.83. The first kappa shape index (κ1) is 114. The molecule has 794 valence electrons. The molecule has 2 aromatic heterocycles. The molecule has 0 radical (unpaired) electrons. The van der Waals surface area contributed by atoms with Crippen molar-refractivity contribution in [2.24, 2.45) is 11.1 Å². The number of hydrogen-bond donors (Lipinski definition) is 19. The molecule has 3 aromatic carbocycles. The number of nitrogens with one attached hydrogen (secondary N) is 15. The molecular formula is C102H134N18O25S2. The predicted molar refractivity (Wildman–Crippen MR) is 538 cm³/mol. The number of aromatic carboxylic acids is 1. The Morgan fingerprint density at radius 2 is 1.10 bits per heavy atom. The summed E-state index contributed by atoms with van der Waals surface area (Å²) in [6, 6.07) is 3.84. The largest absolute Gasteiger partial charge is 0.481 e. The van der Waals surface area contributed by atoms with Gasteiger partial charge in [-0.05, 0) is 210 Å². The number of aliphatic carboxylic acids is 2. The molecule has 45 heteroatoms. The highest BCUT2D eigenvalue weighted by Crippen LogP contribution is 2.36. The van der Waals surface area contributed by atoms with Crippen molar-refractivity contribution >= 4 is 157 Å². The Bertz CT molecular complexity index is 5750. The zero-order chi connectivity index (χ0) is 107. The monoisotopic (exact) mass is 2070 g/mol. The lowest BCUT2D eigenvalue weighted by molar-refractivity contribution is -0.146. The van der Waals surface area contributed by atoms with Gasteiger partial charge in [0.15, 0.2) is 0 Å². The van der Waals surface area contributed by atoms with E-state index in [1.165, 1.54) is 86.5 Å². The van der Waals surface area contributed by atoms with Gasteiger partial charge < -0.3 is 115 Å². The Kier molecular flexibility index (Phi) is 40.9. The van der Waals surface area contributed by atoms with Crippen LogP contribution in [0.3, 0.4) is 0 Å². The van der Waals surface area contributed by atoms with Gasteiger partial charge in [0.25, 0.3) is 0 Å². The van der Waals surface area contributed by atoms with Gasteiger partial charge in [-0.1, -0.05) is 106 Å². The van der Waals surface area contributed by atoms with E-state index in [0.29, 0.717) is 28.5 Å². The summed E-state index contributed by atoms with van der Waals surface area (Å²) in [6.07, 6.45) is 0.811. The molecule has 20 N–H and O–H groups in total. The molecule has 147 heavy (non-hydrogen) atoms. The molecule has 43 nitrogen and oxygen atoms in total. The minimum absolute atomic E-state index is 0.00271. The number of thiophene rings is 2. The number of carbonyl (C=O) groups is 21. The Morgan fingerprint density at radius 3 is 1.75 bits per heavy atom. The van der Waals surface area contributed by atoms with Gasteiger partial charge in [-0.2, -0.15) is 11.3 Å². The van der Waals surface area contributed by atoms with E-state index in [1.54, 1.807) is 104 Å². The van der Waals surface area contributed by atoms with Gasteiger partial charge in [-0.25, -0.2) is 9.59 Å². The Labute approximate surface area is 858 Å². The molecule has 3 saturated heterocycles. The third kappa shape index (κ3) is 32.7. The summed E-state index contributed by atoms with van der Waals surface area (Å²) in [5.41, 5.74) is -2.12. The minimum Gasteiger partial charge on any atom is -0.481 e. The molecule has 5 aromatic rings. The third-order valence-corrected chi connectivity index (χ3v) is 28.2. The number of primary amides is 1. The van der Waals surface area contributed by atoms with E-state index < -0.39 is 251 Å². The molecule has 3 spiro atoms. The number of carboxylic acid groups (broad SMARTS) is 3. The quantitative estimate of drug-likeness (QED) is 0.0595. The summed E-state index contributed by atoms with van der Waals surface area (Å²) in [5, 5.41) is 77.1. The minimum atomic E-state index is -2.23. The molecule has 0 unspecified atom stereocenters. The van der Waals surface area contributed by atoms with Crippen LogP contribution < -0.4 is 85.5 Å². The molecular weight excluding hydrogens is 1940 g/mol. The molecule has 5 aliphatic rings. The van der Waals surface area contributed by atoms with Gasteiger partial charge >= 0.3 is 24.0 Å². The molecule has 3 fully saturated rings.